The van der Waals surface area contributed by atoms with Crippen molar-refractivity contribution in [2.45, 2.75) is 11.5 Å². The Morgan fingerprint density at radius 3 is 2.14 bits per heavy atom. The Balaban J connectivity index is 1.90. The van der Waals surface area contributed by atoms with Crippen LogP contribution in [0.4, 0.5) is 13.2 Å². The minimum atomic E-state index is -4.18. The van der Waals surface area contributed by atoms with Gasteiger partial charge in [-0.05, 0) is 17.7 Å². The standard InChI is InChI=1S/C14H16BrF3N2O/c15-9-11-1-3-12(4-2-11)13(21)20-7-5-19(6-8-20)10-14(16,17)18/h1-4H,5-10H2. The molecule has 1 aliphatic rings. The highest BCUT2D eigenvalue weighted by Gasteiger charge is 2.32. The van der Waals surface area contributed by atoms with Gasteiger partial charge in [0.15, 0.2) is 0 Å². The molecule has 1 aromatic carbocycles. The van der Waals surface area contributed by atoms with Crippen LogP contribution >= 0.6 is 15.9 Å². The van der Waals surface area contributed by atoms with Crippen molar-refractivity contribution >= 4 is 21.8 Å². The number of halogens is 4. The molecule has 21 heavy (non-hydrogen) atoms. The number of alkyl halides is 4. The minimum Gasteiger partial charge on any atom is -0.336 e. The summed E-state index contributed by atoms with van der Waals surface area (Å²) in [7, 11) is 0. The molecule has 0 saturated carbocycles. The van der Waals surface area contributed by atoms with Gasteiger partial charge >= 0.3 is 6.18 Å². The van der Waals surface area contributed by atoms with E-state index in [9.17, 15) is 18.0 Å². The third-order valence-electron chi connectivity index (χ3n) is 3.42. The summed E-state index contributed by atoms with van der Waals surface area (Å²) < 4.78 is 36.9. The Morgan fingerprint density at radius 1 is 1.10 bits per heavy atom. The van der Waals surface area contributed by atoms with Crippen LogP contribution in [-0.2, 0) is 5.33 Å². The zero-order chi connectivity index (χ0) is 15.5. The van der Waals surface area contributed by atoms with E-state index in [-0.39, 0.29) is 19.0 Å². The van der Waals surface area contributed by atoms with Gasteiger partial charge in [0.05, 0.1) is 6.54 Å². The normalized spacial score (nSPS) is 17.0. The topological polar surface area (TPSA) is 23.6 Å². The molecular formula is C14H16BrF3N2O. The second kappa shape index (κ2) is 6.79. The van der Waals surface area contributed by atoms with Crippen LogP contribution in [0.1, 0.15) is 15.9 Å². The maximum Gasteiger partial charge on any atom is 0.401 e. The van der Waals surface area contributed by atoms with Gasteiger partial charge < -0.3 is 4.90 Å². The van der Waals surface area contributed by atoms with Crippen molar-refractivity contribution in [2.24, 2.45) is 0 Å². The maximum atomic E-state index is 12.3. The number of carbonyl (C=O) groups is 1. The third-order valence-corrected chi connectivity index (χ3v) is 4.07. The Labute approximate surface area is 129 Å². The third kappa shape index (κ3) is 4.71. The fourth-order valence-electron chi connectivity index (χ4n) is 2.28. The molecule has 1 fully saturated rings. The van der Waals surface area contributed by atoms with Gasteiger partial charge in [-0.15, -0.1) is 0 Å². The number of hydrogen-bond donors (Lipinski definition) is 0. The van der Waals surface area contributed by atoms with E-state index in [1.165, 1.54) is 4.90 Å². The van der Waals surface area contributed by atoms with Crippen LogP contribution in [0.3, 0.4) is 0 Å². The highest BCUT2D eigenvalue weighted by atomic mass is 79.9. The monoisotopic (exact) mass is 364 g/mol. The molecule has 2 rings (SSSR count). The number of benzene rings is 1. The number of nitrogens with zero attached hydrogens (tertiary/aromatic N) is 2. The van der Waals surface area contributed by atoms with Crippen LogP contribution in [0, 0.1) is 0 Å². The molecule has 1 aliphatic heterocycles. The molecule has 0 aliphatic carbocycles. The minimum absolute atomic E-state index is 0.122. The molecule has 0 radical (unpaired) electrons. The van der Waals surface area contributed by atoms with E-state index >= 15 is 0 Å². The summed E-state index contributed by atoms with van der Waals surface area (Å²) >= 11 is 3.33. The maximum absolute atomic E-state index is 12.3. The van der Waals surface area contributed by atoms with E-state index in [0.29, 0.717) is 18.7 Å². The first kappa shape index (κ1) is 16.3. The van der Waals surface area contributed by atoms with E-state index < -0.39 is 12.7 Å². The molecule has 1 aromatic rings. The summed E-state index contributed by atoms with van der Waals surface area (Å²) in [6.07, 6.45) is -4.18. The highest BCUT2D eigenvalue weighted by Crippen LogP contribution is 2.18. The summed E-state index contributed by atoms with van der Waals surface area (Å²) in [6.45, 7) is 0.259. The highest BCUT2D eigenvalue weighted by molar-refractivity contribution is 9.08. The molecule has 1 saturated heterocycles. The average molecular weight is 365 g/mol. The SMILES string of the molecule is O=C(c1ccc(CBr)cc1)N1CCN(CC(F)(F)F)CC1. The molecule has 0 bridgehead atoms. The van der Waals surface area contributed by atoms with E-state index in [1.54, 1.807) is 17.0 Å². The lowest BCUT2D eigenvalue weighted by atomic mass is 10.1. The first-order valence-corrected chi connectivity index (χ1v) is 7.74. The van der Waals surface area contributed by atoms with Gasteiger partial charge in [0, 0.05) is 37.1 Å². The quantitative estimate of drug-likeness (QED) is 0.770. The predicted molar refractivity (Wildman–Crippen MR) is 77.5 cm³/mol. The second-order valence-corrected chi connectivity index (χ2v) is 5.57. The molecule has 0 N–H and O–H groups in total. The summed E-state index contributed by atoms with van der Waals surface area (Å²) in [5.74, 6) is -0.122. The molecule has 3 nitrogen and oxygen atoms in total. The molecule has 0 atom stereocenters. The van der Waals surface area contributed by atoms with Crippen molar-refractivity contribution in [1.82, 2.24) is 9.80 Å². The number of hydrogen-bond acceptors (Lipinski definition) is 2. The van der Waals surface area contributed by atoms with Gasteiger partial charge in [0.1, 0.15) is 0 Å². The van der Waals surface area contributed by atoms with Crippen LogP contribution < -0.4 is 0 Å². The molecule has 1 amide bonds. The number of rotatable bonds is 3. The Hall–Kier alpha value is -1.08. The summed E-state index contributed by atoms with van der Waals surface area (Å²) in [5.41, 5.74) is 1.64. The van der Waals surface area contributed by atoms with E-state index in [1.807, 2.05) is 12.1 Å². The van der Waals surface area contributed by atoms with Gasteiger partial charge in [-0.3, -0.25) is 9.69 Å². The summed E-state index contributed by atoms with van der Waals surface area (Å²) in [4.78, 5) is 15.2. The average Bonchev–Trinajstić information content (AvgIpc) is 2.46. The molecule has 0 aromatic heterocycles. The van der Waals surface area contributed by atoms with Gasteiger partial charge in [0.2, 0.25) is 0 Å². The first-order chi connectivity index (χ1) is 9.89. The molecule has 116 valence electrons. The fourth-order valence-corrected chi connectivity index (χ4v) is 2.66. The van der Waals surface area contributed by atoms with E-state index in [4.69, 9.17) is 0 Å². The number of amides is 1. The van der Waals surface area contributed by atoms with Crippen molar-refractivity contribution in [1.29, 1.82) is 0 Å². The van der Waals surface area contributed by atoms with Gasteiger partial charge in [0.25, 0.3) is 5.91 Å². The Bertz CT molecular complexity index is 482. The van der Waals surface area contributed by atoms with Crippen molar-refractivity contribution < 1.29 is 18.0 Å². The lowest BCUT2D eigenvalue weighted by molar-refractivity contribution is -0.148. The number of piperazine rings is 1. The molecule has 0 spiro atoms. The van der Waals surface area contributed by atoms with Crippen molar-refractivity contribution in [3.05, 3.63) is 35.4 Å². The van der Waals surface area contributed by atoms with Crippen LogP contribution in [0.5, 0.6) is 0 Å². The lowest BCUT2D eigenvalue weighted by Gasteiger charge is -2.35. The Kier molecular flexibility index (Phi) is 5.27. The summed E-state index contributed by atoms with van der Waals surface area (Å²) in [6, 6.07) is 7.23. The zero-order valence-corrected chi connectivity index (χ0v) is 13.0. The van der Waals surface area contributed by atoms with Crippen molar-refractivity contribution in [2.75, 3.05) is 32.7 Å². The number of carbonyl (C=O) groups excluding carboxylic acids is 1. The van der Waals surface area contributed by atoms with Gasteiger partial charge in [-0.25, -0.2) is 0 Å². The van der Waals surface area contributed by atoms with Crippen LogP contribution in [0.25, 0.3) is 0 Å². The summed E-state index contributed by atoms with van der Waals surface area (Å²) in [5, 5.41) is 0.720. The molecule has 7 heteroatoms. The fraction of sp³-hybridized carbons (Fsp3) is 0.500. The van der Waals surface area contributed by atoms with Crippen molar-refractivity contribution in [3.8, 4) is 0 Å². The zero-order valence-electron chi connectivity index (χ0n) is 11.4. The van der Waals surface area contributed by atoms with E-state index in [2.05, 4.69) is 15.9 Å². The van der Waals surface area contributed by atoms with Gasteiger partial charge in [-0.1, -0.05) is 28.1 Å². The lowest BCUT2D eigenvalue weighted by Crippen LogP contribution is -2.50. The van der Waals surface area contributed by atoms with Gasteiger partial charge in [-0.2, -0.15) is 13.2 Å². The molecule has 0 unspecified atom stereocenters. The Morgan fingerprint density at radius 2 is 1.67 bits per heavy atom. The van der Waals surface area contributed by atoms with E-state index in [0.717, 1.165) is 10.9 Å². The van der Waals surface area contributed by atoms with Crippen LogP contribution in [0.2, 0.25) is 0 Å². The second-order valence-electron chi connectivity index (χ2n) is 5.01. The van der Waals surface area contributed by atoms with Crippen LogP contribution in [-0.4, -0.2) is 54.6 Å². The van der Waals surface area contributed by atoms with Crippen molar-refractivity contribution in [3.63, 3.8) is 0 Å². The predicted octanol–water partition coefficient (Wildman–Crippen LogP) is 2.90. The first-order valence-electron chi connectivity index (χ1n) is 6.62. The smallest absolute Gasteiger partial charge is 0.336 e. The molecular weight excluding hydrogens is 349 g/mol. The van der Waals surface area contributed by atoms with Crippen LogP contribution in [0.15, 0.2) is 24.3 Å². The molecule has 1 heterocycles. The largest absolute Gasteiger partial charge is 0.401 e.